The first-order valence-electron chi connectivity index (χ1n) is 6.48. The summed E-state index contributed by atoms with van der Waals surface area (Å²) in [6.07, 6.45) is 0. The molecule has 0 aliphatic heterocycles. The molecule has 1 aromatic heterocycles. The Morgan fingerprint density at radius 2 is 1.75 bits per heavy atom. The van der Waals surface area contributed by atoms with E-state index in [4.69, 9.17) is 4.74 Å². The summed E-state index contributed by atoms with van der Waals surface area (Å²) in [5.74, 6) is 7.28. The van der Waals surface area contributed by atoms with Crippen LogP contribution in [-0.4, -0.2) is 11.7 Å². The van der Waals surface area contributed by atoms with Crippen LogP contribution in [0, 0.1) is 11.8 Å². The van der Waals surface area contributed by atoms with Gasteiger partial charge in [-0.1, -0.05) is 24.1 Å². The predicted octanol–water partition coefficient (Wildman–Crippen LogP) is 3.59. The van der Waals surface area contributed by atoms with Gasteiger partial charge in [0.25, 0.3) is 0 Å². The fraction of sp³-hybridized carbons (Fsp3) is 0.111. The van der Waals surface area contributed by atoms with Crippen molar-refractivity contribution in [3.8, 4) is 17.6 Å². The zero-order chi connectivity index (χ0) is 13.9. The van der Waals surface area contributed by atoms with Crippen molar-refractivity contribution in [1.82, 2.24) is 4.57 Å². The van der Waals surface area contributed by atoms with Gasteiger partial charge in [-0.15, -0.1) is 0 Å². The average molecular weight is 261 g/mol. The van der Waals surface area contributed by atoms with Gasteiger partial charge < -0.3 is 9.30 Å². The van der Waals surface area contributed by atoms with Crippen molar-refractivity contribution in [1.29, 1.82) is 0 Å². The lowest BCUT2D eigenvalue weighted by Gasteiger charge is -2.01. The molecule has 0 unspecified atom stereocenters. The first-order valence-corrected chi connectivity index (χ1v) is 6.48. The summed E-state index contributed by atoms with van der Waals surface area (Å²) >= 11 is 0. The molecule has 0 aliphatic rings. The monoisotopic (exact) mass is 261 g/mol. The van der Waals surface area contributed by atoms with Gasteiger partial charge in [0.15, 0.2) is 0 Å². The van der Waals surface area contributed by atoms with Crippen LogP contribution in [0.4, 0.5) is 0 Å². The molecule has 2 nitrogen and oxygen atoms in total. The van der Waals surface area contributed by atoms with Crippen molar-refractivity contribution < 1.29 is 4.74 Å². The lowest BCUT2D eigenvalue weighted by Crippen LogP contribution is -1.91. The molecule has 3 aromatic rings. The Morgan fingerprint density at radius 3 is 2.50 bits per heavy atom. The minimum absolute atomic E-state index is 0.862. The zero-order valence-corrected chi connectivity index (χ0v) is 11.6. The minimum Gasteiger partial charge on any atom is -0.497 e. The van der Waals surface area contributed by atoms with Crippen molar-refractivity contribution in [2.45, 2.75) is 0 Å². The molecule has 0 atom stereocenters. The van der Waals surface area contributed by atoms with Gasteiger partial charge in [0.05, 0.1) is 18.3 Å². The Kier molecular flexibility index (Phi) is 3.18. The maximum absolute atomic E-state index is 5.27. The van der Waals surface area contributed by atoms with E-state index in [1.807, 2.05) is 49.5 Å². The van der Waals surface area contributed by atoms with Gasteiger partial charge in [0.2, 0.25) is 0 Å². The normalized spacial score (nSPS) is 10.1. The van der Waals surface area contributed by atoms with E-state index in [0.717, 1.165) is 22.5 Å². The van der Waals surface area contributed by atoms with Crippen LogP contribution in [0.25, 0.3) is 10.9 Å². The molecule has 0 saturated heterocycles. The van der Waals surface area contributed by atoms with E-state index in [1.54, 1.807) is 7.11 Å². The largest absolute Gasteiger partial charge is 0.497 e. The van der Waals surface area contributed by atoms with Gasteiger partial charge in [-0.05, 0) is 36.3 Å². The second-order valence-electron chi connectivity index (χ2n) is 4.63. The third-order valence-corrected chi connectivity index (χ3v) is 3.36. The first kappa shape index (κ1) is 12.4. The number of rotatable bonds is 1. The predicted molar refractivity (Wildman–Crippen MR) is 81.9 cm³/mol. The van der Waals surface area contributed by atoms with Crippen LogP contribution in [0.2, 0.25) is 0 Å². The Hall–Kier alpha value is -2.66. The lowest BCUT2D eigenvalue weighted by atomic mass is 10.2. The molecule has 1 heterocycles. The summed E-state index contributed by atoms with van der Waals surface area (Å²) in [7, 11) is 3.71. The van der Waals surface area contributed by atoms with Gasteiger partial charge in [-0.2, -0.15) is 0 Å². The molecule has 0 fully saturated rings. The molecule has 3 rings (SSSR count). The number of nitrogens with zero attached hydrogens (tertiary/aromatic N) is 1. The second kappa shape index (κ2) is 5.14. The second-order valence-corrected chi connectivity index (χ2v) is 4.63. The SMILES string of the molecule is COc1ccc2cc(C#Cc3ccccc3)n(C)c2c1. The standard InChI is InChI=1S/C18H15NO/c1-19-16(10-8-14-6-4-3-5-7-14)12-15-9-11-17(20-2)13-18(15)19/h3-7,9,11-13H,1-2H3. The van der Waals surface area contributed by atoms with Gasteiger partial charge in [-0.25, -0.2) is 0 Å². The number of aromatic nitrogens is 1. The number of benzene rings is 2. The third-order valence-electron chi connectivity index (χ3n) is 3.36. The molecule has 2 aromatic carbocycles. The highest BCUT2D eigenvalue weighted by Crippen LogP contribution is 2.23. The summed E-state index contributed by atoms with van der Waals surface area (Å²) in [6.45, 7) is 0. The van der Waals surface area contributed by atoms with E-state index in [9.17, 15) is 0 Å². The smallest absolute Gasteiger partial charge is 0.120 e. The maximum Gasteiger partial charge on any atom is 0.120 e. The minimum atomic E-state index is 0.862. The van der Waals surface area contributed by atoms with E-state index in [-0.39, 0.29) is 0 Å². The fourth-order valence-electron chi connectivity index (χ4n) is 2.21. The van der Waals surface area contributed by atoms with Crippen molar-refractivity contribution in [2.24, 2.45) is 7.05 Å². The van der Waals surface area contributed by atoms with Crippen molar-refractivity contribution >= 4 is 10.9 Å². The van der Waals surface area contributed by atoms with Crippen molar-refractivity contribution in [2.75, 3.05) is 7.11 Å². The van der Waals surface area contributed by atoms with Gasteiger partial charge >= 0.3 is 0 Å². The molecule has 0 saturated carbocycles. The van der Waals surface area contributed by atoms with Crippen LogP contribution in [-0.2, 0) is 7.05 Å². The molecule has 20 heavy (non-hydrogen) atoms. The van der Waals surface area contributed by atoms with Crippen LogP contribution in [0.5, 0.6) is 5.75 Å². The van der Waals surface area contributed by atoms with Crippen LogP contribution in [0.15, 0.2) is 54.6 Å². The van der Waals surface area contributed by atoms with E-state index in [2.05, 4.69) is 28.5 Å². The molecule has 0 N–H and O–H groups in total. The number of hydrogen-bond donors (Lipinski definition) is 0. The Bertz CT molecular complexity index is 804. The zero-order valence-electron chi connectivity index (χ0n) is 11.6. The molecular formula is C18H15NO. The number of methoxy groups -OCH3 is 1. The van der Waals surface area contributed by atoms with Crippen molar-refractivity contribution in [3.05, 3.63) is 65.9 Å². The van der Waals surface area contributed by atoms with Crippen LogP contribution in [0.1, 0.15) is 11.3 Å². The van der Waals surface area contributed by atoms with Gasteiger partial charge in [0.1, 0.15) is 5.75 Å². The molecule has 0 spiro atoms. The quantitative estimate of drug-likeness (QED) is 0.611. The van der Waals surface area contributed by atoms with Crippen LogP contribution < -0.4 is 4.74 Å². The maximum atomic E-state index is 5.27. The summed E-state index contributed by atoms with van der Waals surface area (Å²) in [6, 6.07) is 18.2. The Balaban J connectivity index is 2.05. The first-order chi connectivity index (χ1) is 9.78. The molecule has 2 heteroatoms. The van der Waals surface area contributed by atoms with E-state index in [1.165, 1.54) is 5.39 Å². The van der Waals surface area contributed by atoms with E-state index >= 15 is 0 Å². The van der Waals surface area contributed by atoms with Crippen LogP contribution in [0.3, 0.4) is 0 Å². The van der Waals surface area contributed by atoms with Gasteiger partial charge in [-0.3, -0.25) is 0 Å². The molecule has 0 bridgehead atoms. The topological polar surface area (TPSA) is 14.2 Å². The highest BCUT2D eigenvalue weighted by atomic mass is 16.5. The Morgan fingerprint density at radius 1 is 0.950 bits per heavy atom. The molecule has 98 valence electrons. The third kappa shape index (κ3) is 2.26. The van der Waals surface area contributed by atoms with E-state index in [0.29, 0.717) is 0 Å². The fourth-order valence-corrected chi connectivity index (χ4v) is 2.21. The summed E-state index contributed by atoms with van der Waals surface area (Å²) < 4.78 is 7.36. The van der Waals surface area contributed by atoms with E-state index < -0.39 is 0 Å². The van der Waals surface area contributed by atoms with Crippen LogP contribution >= 0.6 is 0 Å². The summed E-state index contributed by atoms with van der Waals surface area (Å²) in [5.41, 5.74) is 3.15. The lowest BCUT2D eigenvalue weighted by molar-refractivity contribution is 0.415. The molecule has 0 amide bonds. The molecule has 0 radical (unpaired) electrons. The van der Waals surface area contributed by atoms with Crippen molar-refractivity contribution in [3.63, 3.8) is 0 Å². The Labute approximate surface area is 118 Å². The number of hydrogen-bond acceptors (Lipinski definition) is 1. The summed E-state index contributed by atoms with van der Waals surface area (Å²) in [5, 5.41) is 1.17. The number of aryl methyl sites for hydroxylation is 1. The highest BCUT2D eigenvalue weighted by molar-refractivity contribution is 5.83. The van der Waals surface area contributed by atoms with Gasteiger partial charge in [0, 0.05) is 24.1 Å². The number of ether oxygens (including phenoxy) is 1. The number of fused-ring (bicyclic) bond motifs is 1. The highest BCUT2D eigenvalue weighted by Gasteiger charge is 2.04. The molecule has 0 aliphatic carbocycles. The average Bonchev–Trinajstić information content (AvgIpc) is 2.82. The molecular weight excluding hydrogens is 246 g/mol. The summed E-state index contributed by atoms with van der Waals surface area (Å²) in [4.78, 5) is 0.